The molecule has 5 heterocycles. The van der Waals surface area contributed by atoms with E-state index in [2.05, 4.69) is 35.5 Å². The molecule has 0 aliphatic carbocycles. The predicted molar refractivity (Wildman–Crippen MR) is 123 cm³/mol. The van der Waals surface area contributed by atoms with Gasteiger partial charge in [0.2, 0.25) is 5.65 Å². The molecular formula is C23H18F2N10. The standard InChI is InChI=1S/C23H18F2N10/c1-12(35-23-22(31-32-35)27-9-19(30-23)15-8-29-34(3)11-15)20-17(24)5-18-16(21(20)25)4-13(6-26-18)14-7-28-33(2)10-14/h4-12H,1-3H3. The highest BCUT2D eigenvalue weighted by molar-refractivity contribution is 5.85. The van der Waals surface area contributed by atoms with Gasteiger partial charge in [-0.25, -0.2) is 23.4 Å². The molecule has 0 spiro atoms. The summed E-state index contributed by atoms with van der Waals surface area (Å²) in [4.78, 5) is 13.2. The van der Waals surface area contributed by atoms with Crippen molar-refractivity contribution in [3.8, 4) is 22.4 Å². The Labute approximate surface area is 196 Å². The lowest BCUT2D eigenvalue weighted by Crippen LogP contribution is -2.14. The number of aryl methyl sites for hydroxylation is 2. The van der Waals surface area contributed by atoms with Crippen molar-refractivity contribution in [2.75, 3.05) is 0 Å². The van der Waals surface area contributed by atoms with Crippen LogP contribution in [0.15, 0.2) is 49.3 Å². The van der Waals surface area contributed by atoms with E-state index in [1.54, 1.807) is 73.6 Å². The summed E-state index contributed by atoms with van der Waals surface area (Å²) < 4.78 is 35.7. The second kappa shape index (κ2) is 7.72. The monoisotopic (exact) mass is 472 g/mol. The van der Waals surface area contributed by atoms with Crippen molar-refractivity contribution in [2.45, 2.75) is 13.0 Å². The Balaban J connectivity index is 1.48. The number of nitrogens with zero attached hydrogens (tertiary/aromatic N) is 10. The number of benzene rings is 1. The Morgan fingerprint density at radius 3 is 2.31 bits per heavy atom. The normalized spacial score (nSPS) is 12.6. The molecule has 0 bridgehead atoms. The van der Waals surface area contributed by atoms with Gasteiger partial charge in [0.1, 0.15) is 11.6 Å². The highest BCUT2D eigenvalue weighted by atomic mass is 19.1. The predicted octanol–water partition coefficient (Wildman–Crippen LogP) is 3.46. The zero-order chi connectivity index (χ0) is 24.3. The van der Waals surface area contributed by atoms with Gasteiger partial charge in [0, 0.05) is 66.4 Å². The van der Waals surface area contributed by atoms with Crippen LogP contribution in [0.3, 0.4) is 0 Å². The molecule has 5 aromatic heterocycles. The molecule has 0 fully saturated rings. The van der Waals surface area contributed by atoms with Crippen LogP contribution < -0.4 is 0 Å². The summed E-state index contributed by atoms with van der Waals surface area (Å²) in [7, 11) is 3.59. The smallest absolute Gasteiger partial charge is 0.221 e. The molecule has 0 amide bonds. The fraction of sp³-hybridized carbons (Fsp3) is 0.174. The van der Waals surface area contributed by atoms with Crippen LogP contribution in [0, 0.1) is 11.6 Å². The summed E-state index contributed by atoms with van der Waals surface area (Å²) in [6, 6.07) is 2.01. The maximum absolute atomic E-state index is 15.8. The van der Waals surface area contributed by atoms with Crippen LogP contribution in [-0.2, 0) is 14.1 Å². The van der Waals surface area contributed by atoms with E-state index < -0.39 is 17.7 Å². The van der Waals surface area contributed by atoms with Gasteiger partial charge in [-0.2, -0.15) is 10.2 Å². The van der Waals surface area contributed by atoms with E-state index in [0.717, 1.165) is 11.1 Å². The molecule has 0 aliphatic heterocycles. The van der Waals surface area contributed by atoms with Crippen molar-refractivity contribution in [3.05, 3.63) is 66.5 Å². The van der Waals surface area contributed by atoms with Crippen LogP contribution in [0.2, 0.25) is 0 Å². The average Bonchev–Trinajstić information content (AvgIpc) is 3.58. The number of hydrogen-bond acceptors (Lipinski definition) is 7. The third-order valence-corrected chi connectivity index (χ3v) is 5.92. The Hall–Kier alpha value is -4.61. The van der Waals surface area contributed by atoms with E-state index in [4.69, 9.17) is 0 Å². The van der Waals surface area contributed by atoms with Crippen LogP contribution in [0.1, 0.15) is 18.5 Å². The van der Waals surface area contributed by atoms with Crippen molar-refractivity contribution in [2.24, 2.45) is 14.1 Å². The summed E-state index contributed by atoms with van der Waals surface area (Å²) >= 11 is 0. The SMILES string of the molecule is CC(c1c(F)cc2ncc(-c3cnn(C)c3)cc2c1F)n1nnc2ncc(-c3cnn(C)c3)nc21. The van der Waals surface area contributed by atoms with Crippen molar-refractivity contribution in [3.63, 3.8) is 0 Å². The quantitative estimate of drug-likeness (QED) is 0.387. The van der Waals surface area contributed by atoms with Crippen LogP contribution in [0.25, 0.3) is 44.6 Å². The molecule has 1 aromatic carbocycles. The van der Waals surface area contributed by atoms with Gasteiger partial charge in [-0.05, 0) is 13.0 Å². The van der Waals surface area contributed by atoms with Gasteiger partial charge < -0.3 is 0 Å². The highest BCUT2D eigenvalue weighted by Crippen LogP contribution is 2.32. The lowest BCUT2D eigenvalue weighted by molar-refractivity contribution is 0.484. The fourth-order valence-corrected chi connectivity index (χ4v) is 4.13. The Morgan fingerprint density at radius 2 is 1.60 bits per heavy atom. The van der Waals surface area contributed by atoms with Gasteiger partial charge in [-0.1, -0.05) is 5.21 Å². The van der Waals surface area contributed by atoms with Crippen molar-refractivity contribution >= 4 is 22.2 Å². The van der Waals surface area contributed by atoms with Gasteiger partial charge >= 0.3 is 0 Å². The van der Waals surface area contributed by atoms with E-state index in [1.165, 1.54) is 10.7 Å². The highest BCUT2D eigenvalue weighted by Gasteiger charge is 2.25. The lowest BCUT2D eigenvalue weighted by atomic mass is 10.0. The molecule has 0 aliphatic rings. The molecule has 174 valence electrons. The molecule has 10 nitrogen and oxygen atoms in total. The van der Waals surface area contributed by atoms with Crippen LogP contribution in [0.4, 0.5) is 8.78 Å². The van der Waals surface area contributed by atoms with Crippen molar-refractivity contribution in [1.82, 2.24) is 49.5 Å². The molecule has 0 radical (unpaired) electrons. The van der Waals surface area contributed by atoms with E-state index in [0.29, 0.717) is 16.9 Å². The molecule has 12 heteroatoms. The molecule has 0 saturated carbocycles. The Kier molecular flexibility index (Phi) is 4.62. The lowest BCUT2D eigenvalue weighted by Gasteiger charge is -2.16. The first-order chi connectivity index (χ1) is 16.9. The zero-order valence-electron chi connectivity index (χ0n) is 18.9. The first-order valence-corrected chi connectivity index (χ1v) is 10.7. The summed E-state index contributed by atoms with van der Waals surface area (Å²) in [6.07, 6.45) is 10.0. The molecule has 1 atom stereocenters. The van der Waals surface area contributed by atoms with Crippen molar-refractivity contribution in [1.29, 1.82) is 0 Å². The van der Waals surface area contributed by atoms with Gasteiger partial charge in [0.15, 0.2) is 5.65 Å². The fourth-order valence-electron chi connectivity index (χ4n) is 4.13. The van der Waals surface area contributed by atoms with Gasteiger partial charge in [-0.3, -0.25) is 14.3 Å². The second-order valence-electron chi connectivity index (χ2n) is 8.29. The number of hydrogen-bond donors (Lipinski definition) is 0. The minimum atomic E-state index is -0.857. The van der Waals surface area contributed by atoms with Gasteiger partial charge in [0.25, 0.3) is 0 Å². The minimum Gasteiger partial charge on any atom is -0.275 e. The third-order valence-electron chi connectivity index (χ3n) is 5.92. The molecule has 0 saturated heterocycles. The second-order valence-corrected chi connectivity index (χ2v) is 8.29. The average molecular weight is 472 g/mol. The molecule has 6 rings (SSSR count). The van der Waals surface area contributed by atoms with E-state index in [9.17, 15) is 0 Å². The Bertz CT molecular complexity index is 1730. The largest absolute Gasteiger partial charge is 0.275 e. The number of rotatable bonds is 4. The zero-order valence-corrected chi connectivity index (χ0v) is 18.9. The summed E-state index contributed by atoms with van der Waals surface area (Å²) in [6.45, 7) is 1.64. The Morgan fingerprint density at radius 1 is 0.857 bits per heavy atom. The molecule has 1 unspecified atom stereocenters. The first kappa shape index (κ1) is 21.0. The minimum absolute atomic E-state index is 0.164. The summed E-state index contributed by atoms with van der Waals surface area (Å²) in [5, 5.41) is 16.6. The third kappa shape index (κ3) is 3.41. The van der Waals surface area contributed by atoms with Gasteiger partial charge in [0.05, 0.1) is 35.8 Å². The topological polar surface area (TPSA) is 105 Å². The van der Waals surface area contributed by atoms with Crippen LogP contribution in [0.5, 0.6) is 0 Å². The van der Waals surface area contributed by atoms with E-state index in [-0.39, 0.29) is 22.1 Å². The molecule has 6 aromatic rings. The number of fused-ring (bicyclic) bond motifs is 2. The maximum atomic E-state index is 15.8. The van der Waals surface area contributed by atoms with Crippen LogP contribution in [-0.4, -0.2) is 49.5 Å². The van der Waals surface area contributed by atoms with E-state index in [1.807, 2.05) is 0 Å². The van der Waals surface area contributed by atoms with Crippen molar-refractivity contribution < 1.29 is 8.78 Å². The first-order valence-electron chi connectivity index (χ1n) is 10.7. The number of aromatic nitrogens is 10. The van der Waals surface area contributed by atoms with E-state index >= 15 is 8.78 Å². The van der Waals surface area contributed by atoms with Crippen LogP contribution >= 0.6 is 0 Å². The molecule has 35 heavy (non-hydrogen) atoms. The number of halogens is 2. The summed E-state index contributed by atoms with van der Waals surface area (Å²) in [5.41, 5.74) is 3.37. The number of pyridine rings is 1. The molecular weight excluding hydrogens is 454 g/mol. The maximum Gasteiger partial charge on any atom is 0.221 e. The van der Waals surface area contributed by atoms with Gasteiger partial charge in [-0.15, -0.1) is 5.10 Å². The summed E-state index contributed by atoms with van der Waals surface area (Å²) in [5.74, 6) is -1.45. The molecule has 0 N–H and O–H groups in total.